The maximum Gasteiger partial charge on any atom is 0.288 e. The monoisotopic (exact) mass is 529 g/mol. The van der Waals surface area contributed by atoms with Crippen LogP contribution in [0.3, 0.4) is 0 Å². The second-order valence-electron chi connectivity index (χ2n) is 6.06. The number of hydrogen-bond donors (Lipinski definition) is 1. The molecule has 1 amide bonds. The summed E-state index contributed by atoms with van der Waals surface area (Å²) < 4.78 is 6.62. The molecule has 0 saturated heterocycles. The zero-order valence-electron chi connectivity index (χ0n) is 16.1. The van der Waals surface area contributed by atoms with Crippen molar-refractivity contribution in [3.8, 4) is 6.07 Å². The number of ether oxygens (including phenoxy) is 1. The van der Waals surface area contributed by atoms with Gasteiger partial charge in [-0.2, -0.15) is 10.4 Å². The molecule has 2 aromatic rings. The number of rotatable bonds is 7. The summed E-state index contributed by atoms with van der Waals surface area (Å²) in [6.07, 6.45) is 1.11. The highest BCUT2D eigenvalue weighted by atomic mass is 79.9. The minimum atomic E-state index is -0.679. The number of aromatic nitrogens is 1. The summed E-state index contributed by atoms with van der Waals surface area (Å²) in [5.41, 5.74) is 2.02. The molecule has 0 bridgehead atoms. The normalized spacial score (nSPS) is 10.8. The first-order valence-corrected chi connectivity index (χ1v) is 9.93. The molecule has 0 aliphatic rings. The van der Waals surface area contributed by atoms with E-state index in [-0.39, 0.29) is 33.5 Å². The number of hydrazone groups is 1. The lowest BCUT2D eigenvalue weighted by atomic mass is 10.1. The average Bonchev–Trinajstić information content (AvgIpc) is 2.71. The Kier molecular flexibility index (Phi) is 8.29. The second-order valence-corrected chi connectivity index (χ2v) is 7.67. The number of nitrogens with one attached hydrogen (secondary N) is 1. The number of carbonyl (C=O) groups excluding carboxylic acids is 1. The third-order valence-corrected chi connectivity index (χ3v) is 5.79. The molecule has 10 nitrogen and oxygen atoms in total. The van der Waals surface area contributed by atoms with E-state index in [0.717, 1.165) is 16.8 Å². The van der Waals surface area contributed by atoms with E-state index in [0.29, 0.717) is 15.7 Å². The average molecular weight is 531 g/mol. The number of nitro benzene ring substituents is 1. The Morgan fingerprint density at radius 1 is 1.45 bits per heavy atom. The van der Waals surface area contributed by atoms with Gasteiger partial charge < -0.3 is 9.30 Å². The lowest BCUT2D eigenvalue weighted by molar-refractivity contribution is -0.384. The Balaban J connectivity index is 2.26. The Morgan fingerprint density at radius 3 is 2.71 bits per heavy atom. The second kappa shape index (κ2) is 10.5. The van der Waals surface area contributed by atoms with Crippen LogP contribution >= 0.6 is 39.1 Å². The number of hydrogen-bond acceptors (Lipinski definition) is 7. The first-order valence-electron chi connectivity index (χ1n) is 8.38. The zero-order valence-corrected chi connectivity index (χ0v) is 19.2. The molecule has 0 saturated carbocycles. The molecule has 1 aromatic carbocycles. The van der Waals surface area contributed by atoms with E-state index in [1.54, 1.807) is 6.92 Å². The van der Waals surface area contributed by atoms with E-state index in [4.69, 9.17) is 27.9 Å². The fraction of sp³-hybridized carbons (Fsp3) is 0.222. The van der Waals surface area contributed by atoms with E-state index >= 15 is 0 Å². The SMILES string of the molecule is COCc1c(Br)c(C)n(CC(=O)N/N=C\c2cc([N+](=O)[O-])c(Cl)cc2Cl)c(=O)c1C#N. The standard InChI is InChI=1S/C18H14BrCl2N5O5/c1-9-17(19)12(8-31-2)11(5-22)18(28)25(9)7-16(27)24-23-6-10-3-15(26(29)30)14(21)4-13(10)20/h3-4,6H,7-8H2,1-2H3,(H,24,27)/b23-6-. The van der Waals surface area contributed by atoms with E-state index in [1.807, 2.05) is 6.07 Å². The van der Waals surface area contributed by atoms with Crippen molar-refractivity contribution in [2.24, 2.45) is 5.10 Å². The maximum atomic E-state index is 12.6. The summed E-state index contributed by atoms with van der Waals surface area (Å²) in [5.74, 6) is -0.670. The highest BCUT2D eigenvalue weighted by Crippen LogP contribution is 2.30. The number of methoxy groups -OCH3 is 1. The number of amides is 1. The van der Waals surface area contributed by atoms with E-state index in [9.17, 15) is 25.0 Å². The number of nitro groups is 1. The first-order chi connectivity index (χ1) is 14.6. The lowest BCUT2D eigenvalue weighted by Crippen LogP contribution is -2.33. The van der Waals surface area contributed by atoms with Gasteiger partial charge in [0.05, 0.1) is 22.8 Å². The first kappa shape index (κ1) is 24.5. The molecule has 13 heteroatoms. The van der Waals surface area contributed by atoms with Crippen LogP contribution in [-0.4, -0.2) is 28.7 Å². The largest absolute Gasteiger partial charge is 0.380 e. The van der Waals surface area contributed by atoms with Gasteiger partial charge in [0.2, 0.25) is 0 Å². The molecule has 1 heterocycles. The molecule has 0 atom stereocenters. The minimum Gasteiger partial charge on any atom is -0.380 e. The van der Waals surface area contributed by atoms with E-state index in [2.05, 4.69) is 26.5 Å². The van der Waals surface area contributed by atoms with Crippen molar-refractivity contribution in [1.82, 2.24) is 9.99 Å². The highest BCUT2D eigenvalue weighted by molar-refractivity contribution is 9.10. The van der Waals surface area contributed by atoms with Gasteiger partial charge in [-0.05, 0) is 28.9 Å². The Hall–Kier alpha value is -2.78. The van der Waals surface area contributed by atoms with Crippen LogP contribution in [0.15, 0.2) is 26.5 Å². The smallest absolute Gasteiger partial charge is 0.288 e. The number of benzene rings is 1. The Labute approximate surface area is 194 Å². The molecular weight excluding hydrogens is 517 g/mol. The number of carbonyl (C=O) groups is 1. The van der Waals surface area contributed by atoms with Gasteiger partial charge in [0.25, 0.3) is 17.2 Å². The predicted molar refractivity (Wildman–Crippen MR) is 117 cm³/mol. The van der Waals surface area contributed by atoms with Crippen molar-refractivity contribution in [2.45, 2.75) is 20.1 Å². The maximum absolute atomic E-state index is 12.6. The van der Waals surface area contributed by atoms with Crippen molar-refractivity contribution < 1.29 is 14.5 Å². The van der Waals surface area contributed by atoms with Crippen LogP contribution < -0.4 is 11.0 Å². The van der Waals surface area contributed by atoms with Gasteiger partial charge in [-0.3, -0.25) is 19.7 Å². The van der Waals surface area contributed by atoms with E-state index in [1.165, 1.54) is 13.2 Å². The predicted octanol–water partition coefficient (Wildman–Crippen LogP) is 3.30. The van der Waals surface area contributed by atoms with Crippen LogP contribution in [0.2, 0.25) is 10.0 Å². The molecule has 2 rings (SSSR count). The molecule has 1 aromatic heterocycles. The number of pyridine rings is 1. The van der Waals surface area contributed by atoms with Gasteiger partial charge in [-0.15, -0.1) is 0 Å². The summed E-state index contributed by atoms with van der Waals surface area (Å²) in [4.78, 5) is 35.2. The zero-order chi connectivity index (χ0) is 23.3. The Bertz CT molecular complexity index is 1190. The topological polar surface area (TPSA) is 140 Å². The number of nitriles is 1. The van der Waals surface area contributed by atoms with Crippen LogP contribution in [-0.2, 0) is 22.7 Å². The molecule has 162 valence electrons. The van der Waals surface area contributed by atoms with Gasteiger partial charge in [-0.25, -0.2) is 5.43 Å². The van der Waals surface area contributed by atoms with Gasteiger partial charge in [0.1, 0.15) is 23.2 Å². The van der Waals surface area contributed by atoms with Gasteiger partial charge in [0, 0.05) is 34.5 Å². The van der Waals surface area contributed by atoms with Gasteiger partial charge in [0.15, 0.2) is 0 Å². The number of halogens is 3. The Morgan fingerprint density at radius 2 is 2.13 bits per heavy atom. The molecule has 1 N–H and O–H groups in total. The van der Waals surface area contributed by atoms with E-state index < -0.39 is 22.9 Å². The van der Waals surface area contributed by atoms with Crippen molar-refractivity contribution in [1.29, 1.82) is 5.26 Å². The van der Waals surface area contributed by atoms with Crippen molar-refractivity contribution in [2.75, 3.05) is 7.11 Å². The van der Waals surface area contributed by atoms with Crippen LogP contribution in [0.1, 0.15) is 22.4 Å². The molecule has 0 radical (unpaired) electrons. The summed E-state index contributed by atoms with van der Waals surface area (Å²) in [7, 11) is 1.43. The van der Waals surface area contributed by atoms with Gasteiger partial charge in [-0.1, -0.05) is 23.2 Å². The summed E-state index contributed by atoms with van der Waals surface area (Å²) in [6, 6.07) is 4.14. The summed E-state index contributed by atoms with van der Waals surface area (Å²) in [6.45, 7) is 1.23. The molecule has 0 spiro atoms. The number of nitrogens with zero attached hydrogens (tertiary/aromatic N) is 4. The van der Waals surface area contributed by atoms with Crippen LogP contribution in [0.25, 0.3) is 0 Å². The van der Waals surface area contributed by atoms with Crippen molar-refractivity contribution in [3.05, 3.63) is 69.5 Å². The molecule has 0 aliphatic carbocycles. The molecular formula is C18H14BrCl2N5O5. The third kappa shape index (κ3) is 5.48. The molecule has 0 unspecified atom stereocenters. The van der Waals surface area contributed by atoms with Crippen LogP contribution in [0, 0.1) is 28.4 Å². The minimum absolute atomic E-state index is 0.0465. The molecule has 0 aliphatic heterocycles. The summed E-state index contributed by atoms with van der Waals surface area (Å²) >= 11 is 15.1. The summed E-state index contributed by atoms with van der Waals surface area (Å²) in [5, 5.41) is 24.0. The fourth-order valence-electron chi connectivity index (χ4n) is 2.59. The fourth-order valence-corrected chi connectivity index (χ4v) is 3.62. The van der Waals surface area contributed by atoms with Crippen molar-refractivity contribution in [3.63, 3.8) is 0 Å². The van der Waals surface area contributed by atoms with Crippen LogP contribution in [0.5, 0.6) is 0 Å². The van der Waals surface area contributed by atoms with Crippen molar-refractivity contribution >= 4 is 56.9 Å². The third-order valence-electron chi connectivity index (χ3n) is 4.11. The highest BCUT2D eigenvalue weighted by Gasteiger charge is 2.19. The quantitative estimate of drug-likeness (QED) is 0.331. The molecule has 31 heavy (non-hydrogen) atoms. The van der Waals surface area contributed by atoms with Crippen LogP contribution in [0.4, 0.5) is 5.69 Å². The lowest BCUT2D eigenvalue weighted by Gasteiger charge is -2.15. The molecule has 0 fully saturated rings. The van der Waals surface area contributed by atoms with Gasteiger partial charge >= 0.3 is 0 Å².